The van der Waals surface area contributed by atoms with Crippen LogP contribution >= 0.6 is 0 Å². The number of hydrogen-bond acceptors (Lipinski definition) is 5. The molecule has 120 valence electrons. The first kappa shape index (κ1) is 14.4. The molecule has 24 heavy (non-hydrogen) atoms. The van der Waals surface area contributed by atoms with Crippen molar-refractivity contribution in [2.24, 2.45) is 0 Å². The second-order valence-electron chi connectivity index (χ2n) is 5.32. The number of aromatic nitrogens is 4. The van der Waals surface area contributed by atoms with Crippen LogP contribution in [0.3, 0.4) is 0 Å². The largest absolute Gasteiger partial charge is 0.494 e. The highest BCUT2D eigenvalue weighted by Crippen LogP contribution is 2.28. The summed E-state index contributed by atoms with van der Waals surface area (Å²) in [7, 11) is 0. The van der Waals surface area contributed by atoms with E-state index in [0.717, 1.165) is 22.6 Å². The first-order valence-corrected chi connectivity index (χ1v) is 7.77. The Morgan fingerprint density at radius 1 is 0.958 bits per heavy atom. The molecule has 4 aromatic rings. The van der Waals surface area contributed by atoms with Crippen molar-refractivity contribution in [3.8, 4) is 17.4 Å². The van der Waals surface area contributed by atoms with Crippen molar-refractivity contribution in [2.45, 2.75) is 13.8 Å². The highest BCUT2D eigenvalue weighted by atomic mass is 16.5. The van der Waals surface area contributed by atoms with Crippen LogP contribution in [0.25, 0.3) is 16.7 Å². The predicted octanol–water partition coefficient (Wildman–Crippen LogP) is 3.78. The molecule has 0 N–H and O–H groups in total. The lowest BCUT2D eigenvalue weighted by Crippen LogP contribution is -1.98. The molecule has 0 atom stereocenters. The van der Waals surface area contributed by atoms with Crippen LogP contribution in [-0.4, -0.2) is 26.2 Å². The Bertz CT molecular complexity index is 1010. The van der Waals surface area contributed by atoms with Crippen LogP contribution < -0.4 is 9.47 Å². The molecule has 0 bridgehead atoms. The number of hydrogen-bond donors (Lipinski definition) is 0. The minimum atomic E-state index is 0.429. The number of ether oxygens (including phenoxy) is 2. The van der Waals surface area contributed by atoms with Gasteiger partial charge in [0.05, 0.1) is 17.6 Å². The number of fused-ring (bicyclic) bond motifs is 3. The van der Waals surface area contributed by atoms with Gasteiger partial charge in [-0.25, -0.2) is 4.98 Å². The van der Waals surface area contributed by atoms with E-state index in [4.69, 9.17) is 9.47 Å². The Morgan fingerprint density at radius 3 is 2.50 bits per heavy atom. The van der Waals surface area contributed by atoms with Crippen LogP contribution in [0.1, 0.15) is 12.7 Å². The lowest BCUT2D eigenvalue weighted by Gasteiger charge is -2.09. The van der Waals surface area contributed by atoms with Crippen molar-refractivity contribution < 1.29 is 9.47 Å². The van der Waals surface area contributed by atoms with E-state index in [2.05, 4.69) is 15.2 Å². The van der Waals surface area contributed by atoms with Crippen LogP contribution in [0, 0.1) is 6.92 Å². The second-order valence-corrected chi connectivity index (χ2v) is 5.32. The van der Waals surface area contributed by atoms with Gasteiger partial charge < -0.3 is 9.47 Å². The SMILES string of the molecule is CCOc1ccc(Oc2nc3ccccc3n3c(C)nnc23)cc1. The summed E-state index contributed by atoms with van der Waals surface area (Å²) in [6, 6.07) is 15.3. The number of aryl methyl sites for hydroxylation is 1. The average Bonchev–Trinajstić information content (AvgIpc) is 3.00. The predicted molar refractivity (Wildman–Crippen MR) is 90.7 cm³/mol. The molecule has 0 fully saturated rings. The molecule has 0 aliphatic carbocycles. The molecule has 0 spiro atoms. The Hall–Kier alpha value is -3.15. The minimum absolute atomic E-state index is 0.429. The van der Waals surface area contributed by atoms with Gasteiger partial charge in [-0.3, -0.25) is 4.40 Å². The number of para-hydroxylation sites is 2. The summed E-state index contributed by atoms with van der Waals surface area (Å²) < 4.78 is 13.4. The maximum Gasteiger partial charge on any atom is 0.266 e. The summed E-state index contributed by atoms with van der Waals surface area (Å²) in [5.74, 6) is 2.70. The molecule has 4 rings (SSSR count). The third-order valence-electron chi connectivity index (χ3n) is 3.71. The van der Waals surface area contributed by atoms with E-state index in [9.17, 15) is 0 Å². The first-order valence-electron chi connectivity index (χ1n) is 7.77. The van der Waals surface area contributed by atoms with Gasteiger partial charge in [-0.15, -0.1) is 10.2 Å². The quantitative estimate of drug-likeness (QED) is 0.573. The van der Waals surface area contributed by atoms with Crippen molar-refractivity contribution >= 4 is 16.7 Å². The third-order valence-corrected chi connectivity index (χ3v) is 3.71. The van der Waals surface area contributed by atoms with Crippen molar-refractivity contribution in [1.29, 1.82) is 0 Å². The normalized spacial score (nSPS) is 11.1. The van der Waals surface area contributed by atoms with E-state index >= 15 is 0 Å². The van der Waals surface area contributed by atoms with Crippen LogP contribution in [-0.2, 0) is 0 Å². The van der Waals surface area contributed by atoms with E-state index in [-0.39, 0.29) is 0 Å². The van der Waals surface area contributed by atoms with Gasteiger partial charge in [-0.2, -0.15) is 0 Å². The van der Waals surface area contributed by atoms with Crippen LogP contribution in [0.2, 0.25) is 0 Å². The van der Waals surface area contributed by atoms with E-state index in [1.54, 1.807) is 0 Å². The summed E-state index contributed by atoms with van der Waals surface area (Å²) in [6.45, 7) is 4.49. The van der Waals surface area contributed by atoms with Gasteiger partial charge in [0, 0.05) is 0 Å². The molecule has 2 heterocycles. The summed E-state index contributed by atoms with van der Waals surface area (Å²) >= 11 is 0. The molecule has 6 heteroatoms. The smallest absolute Gasteiger partial charge is 0.266 e. The lowest BCUT2D eigenvalue weighted by atomic mass is 10.3. The van der Waals surface area contributed by atoms with Crippen molar-refractivity contribution in [3.63, 3.8) is 0 Å². The number of rotatable bonds is 4. The third kappa shape index (κ3) is 2.42. The summed E-state index contributed by atoms with van der Waals surface area (Å²) in [5, 5.41) is 8.37. The van der Waals surface area contributed by atoms with Gasteiger partial charge in [0.1, 0.15) is 17.3 Å². The molecule has 0 saturated heterocycles. The molecule has 0 amide bonds. The topological polar surface area (TPSA) is 61.5 Å². The zero-order chi connectivity index (χ0) is 16.5. The van der Waals surface area contributed by atoms with E-state index in [0.29, 0.717) is 23.9 Å². The van der Waals surface area contributed by atoms with E-state index in [1.807, 2.05) is 66.8 Å². The highest BCUT2D eigenvalue weighted by Gasteiger charge is 2.14. The molecule has 0 aliphatic heterocycles. The summed E-state index contributed by atoms with van der Waals surface area (Å²) in [5.41, 5.74) is 2.38. The Morgan fingerprint density at radius 2 is 1.71 bits per heavy atom. The Kier molecular flexibility index (Phi) is 3.49. The first-order chi connectivity index (χ1) is 11.8. The lowest BCUT2D eigenvalue weighted by molar-refractivity contribution is 0.339. The Labute approximate surface area is 138 Å². The standard InChI is InChI=1S/C18H16N4O2/c1-3-23-13-8-10-14(11-9-13)24-18-17-21-20-12(2)22(17)16-7-5-4-6-15(16)19-18/h4-11H,3H2,1-2H3. The number of nitrogens with zero attached hydrogens (tertiary/aromatic N) is 4. The minimum Gasteiger partial charge on any atom is -0.494 e. The molecular formula is C18H16N4O2. The van der Waals surface area contributed by atoms with Crippen molar-refractivity contribution in [3.05, 3.63) is 54.4 Å². The number of benzene rings is 2. The molecule has 2 aromatic carbocycles. The average molecular weight is 320 g/mol. The fourth-order valence-electron chi connectivity index (χ4n) is 2.65. The maximum absolute atomic E-state index is 5.96. The second kappa shape index (κ2) is 5.81. The van der Waals surface area contributed by atoms with Gasteiger partial charge in [0.2, 0.25) is 5.65 Å². The van der Waals surface area contributed by atoms with Crippen LogP contribution in [0.15, 0.2) is 48.5 Å². The fraction of sp³-hybridized carbons (Fsp3) is 0.167. The molecular weight excluding hydrogens is 304 g/mol. The zero-order valence-corrected chi connectivity index (χ0v) is 13.4. The molecule has 0 saturated carbocycles. The summed E-state index contributed by atoms with van der Waals surface area (Å²) in [4.78, 5) is 4.59. The fourth-order valence-corrected chi connectivity index (χ4v) is 2.65. The molecule has 6 nitrogen and oxygen atoms in total. The maximum atomic E-state index is 5.96. The van der Waals surface area contributed by atoms with E-state index in [1.165, 1.54) is 0 Å². The van der Waals surface area contributed by atoms with Gasteiger partial charge in [0.15, 0.2) is 0 Å². The van der Waals surface area contributed by atoms with Gasteiger partial charge >= 0.3 is 0 Å². The van der Waals surface area contributed by atoms with Gasteiger partial charge in [-0.1, -0.05) is 12.1 Å². The Balaban J connectivity index is 1.80. The zero-order valence-electron chi connectivity index (χ0n) is 13.4. The monoisotopic (exact) mass is 320 g/mol. The molecule has 0 radical (unpaired) electrons. The highest BCUT2D eigenvalue weighted by molar-refractivity contribution is 5.79. The molecule has 0 aliphatic rings. The van der Waals surface area contributed by atoms with Crippen molar-refractivity contribution in [2.75, 3.05) is 6.61 Å². The van der Waals surface area contributed by atoms with E-state index < -0.39 is 0 Å². The molecule has 0 unspecified atom stereocenters. The molecule has 2 aromatic heterocycles. The van der Waals surface area contributed by atoms with Gasteiger partial charge in [0.25, 0.3) is 5.88 Å². The van der Waals surface area contributed by atoms with Gasteiger partial charge in [-0.05, 0) is 50.2 Å². The van der Waals surface area contributed by atoms with Crippen molar-refractivity contribution in [1.82, 2.24) is 19.6 Å². The van der Waals surface area contributed by atoms with Crippen LogP contribution in [0.4, 0.5) is 0 Å². The van der Waals surface area contributed by atoms with Crippen LogP contribution in [0.5, 0.6) is 17.4 Å². The summed E-state index contributed by atoms with van der Waals surface area (Å²) in [6.07, 6.45) is 0.